The quantitative estimate of drug-likeness (QED) is 0.803. The molecule has 0 aliphatic heterocycles. The van der Waals surface area contributed by atoms with E-state index in [1.54, 1.807) is 13.2 Å². The molecule has 1 aromatic carbocycles. The predicted octanol–water partition coefficient (Wildman–Crippen LogP) is 2.52. The summed E-state index contributed by atoms with van der Waals surface area (Å²) in [6.07, 6.45) is 0.683. The Kier molecular flexibility index (Phi) is 5.91. The summed E-state index contributed by atoms with van der Waals surface area (Å²) in [5.74, 6) is 0.647. The molecule has 0 amide bonds. The van der Waals surface area contributed by atoms with Crippen molar-refractivity contribution in [3.05, 3.63) is 27.7 Å². The van der Waals surface area contributed by atoms with E-state index in [2.05, 4.69) is 0 Å². The molecule has 16 heavy (non-hydrogen) atoms. The Hall–Kier alpha value is -0.480. The lowest BCUT2D eigenvalue weighted by Gasteiger charge is -2.13. The number of hydrogen-bond acceptors (Lipinski definition) is 3. The van der Waals surface area contributed by atoms with Gasteiger partial charge in [-0.05, 0) is 30.7 Å². The number of nitrogens with two attached hydrogens (primary N) is 1. The van der Waals surface area contributed by atoms with Crippen LogP contribution in [0.3, 0.4) is 0 Å². The van der Waals surface area contributed by atoms with Crippen LogP contribution in [0.5, 0.6) is 5.75 Å². The molecule has 0 saturated heterocycles. The van der Waals surface area contributed by atoms with Crippen molar-refractivity contribution in [1.29, 1.82) is 0 Å². The van der Waals surface area contributed by atoms with E-state index in [1.165, 1.54) is 0 Å². The van der Waals surface area contributed by atoms with E-state index >= 15 is 0 Å². The monoisotopic (exact) mass is 263 g/mol. The maximum Gasteiger partial charge on any atom is 0.141 e. The molecule has 3 nitrogen and oxygen atoms in total. The van der Waals surface area contributed by atoms with Gasteiger partial charge in [-0.15, -0.1) is 0 Å². The zero-order valence-electron chi connectivity index (χ0n) is 9.13. The second-order valence-electron chi connectivity index (χ2n) is 3.26. The molecule has 0 unspecified atom stereocenters. The summed E-state index contributed by atoms with van der Waals surface area (Å²) < 4.78 is 10.5. The lowest BCUT2D eigenvalue weighted by atomic mass is 10.1. The highest BCUT2D eigenvalue weighted by atomic mass is 35.5. The second kappa shape index (κ2) is 6.97. The lowest BCUT2D eigenvalue weighted by Crippen LogP contribution is -2.09. The van der Waals surface area contributed by atoms with E-state index < -0.39 is 0 Å². The van der Waals surface area contributed by atoms with Gasteiger partial charge in [0.2, 0.25) is 0 Å². The van der Waals surface area contributed by atoms with Gasteiger partial charge in [-0.3, -0.25) is 0 Å². The van der Waals surface area contributed by atoms with E-state index in [0.29, 0.717) is 42.0 Å². The molecule has 0 bridgehead atoms. The van der Waals surface area contributed by atoms with Crippen LogP contribution < -0.4 is 10.5 Å². The Morgan fingerprint density at radius 3 is 2.62 bits per heavy atom. The maximum absolute atomic E-state index is 6.06. The topological polar surface area (TPSA) is 44.5 Å². The molecule has 0 radical (unpaired) electrons. The highest BCUT2D eigenvalue weighted by Gasteiger charge is 2.10. The molecule has 1 aromatic rings. The Morgan fingerprint density at radius 2 is 2.00 bits per heavy atom. The minimum absolute atomic E-state index is 0.454. The van der Waals surface area contributed by atoms with Crippen LogP contribution in [0.4, 0.5) is 0 Å². The number of hydrogen-bond donors (Lipinski definition) is 1. The number of ether oxygens (including phenoxy) is 2. The minimum Gasteiger partial charge on any atom is -0.489 e. The Bertz CT molecular complexity index is 345. The van der Waals surface area contributed by atoms with Gasteiger partial charge in [0.15, 0.2) is 0 Å². The van der Waals surface area contributed by atoms with Crippen LogP contribution in [0.2, 0.25) is 10.0 Å². The molecular formula is C11H15Cl2NO2. The Labute approximate surface area is 105 Å². The highest BCUT2D eigenvalue weighted by molar-refractivity contribution is 6.35. The normalized spacial score (nSPS) is 10.5. The van der Waals surface area contributed by atoms with Crippen molar-refractivity contribution in [2.45, 2.75) is 6.42 Å². The Balaban J connectivity index is 2.85. The van der Waals surface area contributed by atoms with Gasteiger partial charge in [-0.2, -0.15) is 0 Å². The first-order valence-electron chi connectivity index (χ1n) is 4.98. The van der Waals surface area contributed by atoms with Gasteiger partial charge in [-0.1, -0.05) is 23.2 Å². The average Bonchev–Trinajstić information content (AvgIpc) is 2.22. The molecule has 0 saturated carbocycles. The molecule has 0 atom stereocenters. The smallest absolute Gasteiger partial charge is 0.141 e. The summed E-state index contributed by atoms with van der Waals surface area (Å²) in [7, 11) is 1.62. The molecule has 0 aliphatic rings. The summed E-state index contributed by atoms with van der Waals surface area (Å²) in [6, 6.07) is 3.48. The van der Waals surface area contributed by atoms with E-state index in [4.69, 9.17) is 38.4 Å². The van der Waals surface area contributed by atoms with E-state index in [9.17, 15) is 0 Å². The zero-order valence-corrected chi connectivity index (χ0v) is 10.6. The van der Waals surface area contributed by atoms with Gasteiger partial charge in [0.25, 0.3) is 0 Å². The van der Waals surface area contributed by atoms with Crippen molar-refractivity contribution < 1.29 is 9.47 Å². The number of benzene rings is 1. The SMILES string of the molecule is COCCOc1c(Cl)cc(Cl)cc1CCN. The molecule has 0 heterocycles. The third kappa shape index (κ3) is 3.83. The first-order valence-corrected chi connectivity index (χ1v) is 5.74. The fourth-order valence-corrected chi connectivity index (χ4v) is 1.93. The highest BCUT2D eigenvalue weighted by Crippen LogP contribution is 2.32. The Morgan fingerprint density at radius 1 is 1.25 bits per heavy atom. The average molecular weight is 264 g/mol. The van der Waals surface area contributed by atoms with Crippen LogP contribution >= 0.6 is 23.2 Å². The molecule has 1 rings (SSSR count). The molecule has 90 valence electrons. The summed E-state index contributed by atoms with van der Waals surface area (Å²) in [5.41, 5.74) is 6.44. The number of rotatable bonds is 6. The van der Waals surface area contributed by atoms with Gasteiger partial charge >= 0.3 is 0 Å². The molecule has 0 fully saturated rings. The van der Waals surface area contributed by atoms with E-state index in [0.717, 1.165) is 5.56 Å². The first-order chi connectivity index (χ1) is 7.69. The van der Waals surface area contributed by atoms with Crippen molar-refractivity contribution in [3.8, 4) is 5.75 Å². The van der Waals surface area contributed by atoms with Crippen LogP contribution in [-0.2, 0) is 11.2 Å². The van der Waals surface area contributed by atoms with Gasteiger partial charge in [0.05, 0.1) is 11.6 Å². The summed E-state index contributed by atoms with van der Waals surface area (Å²) >= 11 is 12.0. The molecule has 0 aromatic heterocycles. The third-order valence-electron chi connectivity index (χ3n) is 2.03. The van der Waals surface area contributed by atoms with Crippen LogP contribution in [-0.4, -0.2) is 26.9 Å². The lowest BCUT2D eigenvalue weighted by molar-refractivity contribution is 0.146. The summed E-state index contributed by atoms with van der Waals surface area (Å²) in [6.45, 7) is 1.49. The number of methoxy groups -OCH3 is 1. The molecule has 5 heteroatoms. The van der Waals surface area contributed by atoms with Crippen LogP contribution in [0.1, 0.15) is 5.56 Å². The molecule has 0 spiro atoms. The van der Waals surface area contributed by atoms with Crippen molar-refractivity contribution >= 4 is 23.2 Å². The molecular weight excluding hydrogens is 249 g/mol. The van der Waals surface area contributed by atoms with Crippen molar-refractivity contribution in [2.75, 3.05) is 26.9 Å². The van der Waals surface area contributed by atoms with Crippen LogP contribution in [0.25, 0.3) is 0 Å². The van der Waals surface area contributed by atoms with Crippen molar-refractivity contribution in [1.82, 2.24) is 0 Å². The summed E-state index contributed by atoms with van der Waals surface area (Å²) in [4.78, 5) is 0. The van der Waals surface area contributed by atoms with Gasteiger partial charge in [0, 0.05) is 12.1 Å². The standard InChI is InChI=1S/C11H15Cl2NO2/c1-15-4-5-16-11-8(2-3-14)6-9(12)7-10(11)13/h6-7H,2-5,14H2,1H3. The fraction of sp³-hybridized carbons (Fsp3) is 0.455. The van der Waals surface area contributed by atoms with Gasteiger partial charge in [-0.25, -0.2) is 0 Å². The second-order valence-corrected chi connectivity index (χ2v) is 4.10. The first kappa shape index (κ1) is 13.6. The maximum atomic E-state index is 6.06. The predicted molar refractivity (Wildman–Crippen MR) is 66.6 cm³/mol. The van der Waals surface area contributed by atoms with E-state index in [1.807, 2.05) is 6.07 Å². The van der Waals surface area contributed by atoms with Gasteiger partial charge < -0.3 is 15.2 Å². The summed E-state index contributed by atoms with van der Waals surface area (Å²) in [5, 5.41) is 1.10. The fourth-order valence-electron chi connectivity index (χ4n) is 1.34. The number of halogens is 2. The van der Waals surface area contributed by atoms with Crippen molar-refractivity contribution in [3.63, 3.8) is 0 Å². The zero-order chi connectivity index (χ0) is 12.0. The molecule has 0 aliphatic carbocycles. The van der Waals surface area contributed by atoms with Crippen LogP contribution in [0.15, 0.2) is 12.1 Å². The minimum atomic E-state index is 0.454. The molecule has 2 N–H and O–H groups in total. The van der Waals surface area contributed by atoms with Gasteiger partial charge in [0.1, 0.15) is 12.4 Å². The van der Waals surface area contributed by atoms with E-state index in [-0.39, 0.29) is 0 Å². The van der Waals surface area contributed by atoms with Crippen LogP contribution in [0, 0.1) is 0 Å². The third-order valence-corrected chi connectivity index (χ3v) is 2.53. The van der Waals surface area contributed by atoms with Crippen molar-refractivity contribution in [2.24, 2.45) is 5.73 Å². The largest absolute Gasteiger partial charge is 0.489 e.